The van der Waals surface area contributed by atoms with Gasteiger partial charge in [-0.25, -0.2) is 0 Å². The molecule has 2 N–H and O–H groups in total. The standard InChI is InChI=1S/C22H30N2O4/c25-21(18-11-15-3-1-2-4-17(15)24-18)23-13-22(7-9-26-10-8-22)16-5-6-19-20(12-16)28-14-27-19/h5-6,12,15,17-18,24H,1-4,7-11,13-14H2,(H,23,25). The molecular formula is C22H30N2O4. The van der Waals surface area contributed by atoms with Crippen LogP contribution in [-0.4, -0.2) is 44.5 Å². The summed E-state index contributed by atoms with van der Waals surface area (Å²) in [5.41, 5.74) is 1.09. The first-order valence-electron chi connectivity index (χ1n) is 10.8. The van der Waals surface area contributed by atoms with Gasteiger partial charge in [0.1, 0.15) is 0 Å². The Kier molecular flexibility index (Phi) is 4.93. The van der Waals surface area contributed by atoms with Crippen LogP contribution in [0.3, 0.4) is 0 Å². The van der Waals surface area contributed by atoms with Gasteiger partial charge in [-0.05, 0) is 55.7 Å². The van der Waals surface area contributed by atoms with Crippen molar-refractivity contribution in [2.75, 3.05) is 26.6 Å². The summed E-state index contributed by atoms with van der Waals surface area (Å²) in [6.45, 7) is 2.36. The summed E-state index contributed by atoms with van der Waals surface area (Å²) in [6.07, 6.45) is 7.86. The average Bonchev–Trinajstić information content (AvgIpc) is 3.39. The van der Waals surface area contributed by atoms with E-state index in [4.69, 9.17) is 14.2 Å². The number of hydrogen-bond acceptors (Lipinski definition) is 5. The topological polar surface area (TPSA) is 68.8 Å². The Balaban J connectivity index is 1.29. The minimum absolute atomic E-state index is 0.0401. The molecule has 6 heteroatoms. The SMILES string of the molecule is O=C(NCC1(c2ccc3c(c2)OCO3)CCOCC1)C1CC2CCCCC2N1. The van der Waals surface area contributed by atoms with Crippen LogP contribution in [0.2, 0.25) is 0 Å². The molecule has 1 saturated carbocycles. The van der Waals surface area contributed by atoms with E-state index in [2.05, 4.69) is 22.8 Å². The molecule has 1 aromatic carbocycles. The lowest BCUT2D eigenvalue weighted by molar-refractivity contribution is -0.123. The van der Waals surface area contributed by atoms with E-state index in [1.165, 1.54) is 31.2 Å². The molecule has 4 aliphatic rings. The molecule has 2 saturated heterocycles. The molecule has 3 aliphatic heterocycles. The summed E-state index contributed by atoms with van der Waals surface area (Å²) in [5.74, 6) is 2.43. The van der Waals surface area contributed by atoms with Crippen LogP contribution < -0.4 is 20.1 Å². The summed E-state index contributed by atoms with van der Waals surface area (Å²) < 4.78 is 16.7. The molecular weight excluding hydrogens is 356 g/mol. The zero-order valence-electron chi connectivity index (χ0n) is 16.4. The first-order valence-corrected chi connectivity index (χ1v) is 10.8. The minimum Gasteiger partial charge on any atom is -0.454 e. The van der Waals surface area contributed by atoms with Gasteiger partial charge in [0.15, 0.2) is 11.5 Å². The van der Waals surface area contributed by atoms with Gasteiger partial charge >= 0.3 is 0 Å². The zero-order chi connectivity index (χ0) is 19.0. The second-order valence-corrected chi connectivity index (χ2v) is 8.78. The molecule has 3 heterocycles. The average molecular weight is 386 g/mol. The number of nitrogens with one attached hydrogen (secondary N) is 2. The Bertz CT molecular complexity index is 717. The van der Waals surface area contributed by atoms with Crippen molar-refractivity contribution in [3.8, 4) is 11.5 Å². The van der Waals surface area contributed by atoms with Crippen LogP contribution >= 0.6 is 0 Å². The van der Waals surface area contributed by atoms with Crippen LogP contribution in [-0.2, 0) is 14.9 Å². The number of rotatable bonds is 4. The van der Waals surface area contributed by atoms with Crippen molar-refractivity contribution in [2.45, 2.75) is 62.4 Å². The van der Waals surface area contributed by atoms with Gasteiger partial charge in [0.2, 0.25) is 12.7 Å². The monoisotopic (exact) mass is 386 g/mol. The molecule has 0 aromatic heterocycles. The van der Waals surface area contributed by atoms with Crippen molar-refractivity contribution in [1.82, 2.24) is 10.6 Å². The molecule has 5 rings (SSSR count). The van der Waals surface area contributed by atoms with E-state index < -0.39 is 0 Å². The largest absolute Gasteiger partial charge is 0.454 e. The molecule has 0 spiro atoms. The molecule has 28 heavy (non-hydrogen) atoms. The van der Waals surface area contributed by atoms with Gasteiger partial charge in [-0.1, -0.05) is 18.9 Å². The molecule has 0 radical (unpaired) electrons. The predicted molar refractivity (Wildman–Crippen MR) is 105 cm³/mol. The van der Waals surface area contributed by atoms with E-state index in [1.807, 2.05) is 6.07 Å². The van der Waals surface area contributed by atoms with Crippen LogP contribution in [0.25, 0.3) is 0 Å². The highest BCUT2D eigenvalue weighted by Crippen LogP contribution is 2.40. The molecule has 3 atom stereocenters. The number of ether oxygens (including phenoxy) is 3. The van der Waals surface area contributed by atoms with Gasteiger partial charge in [-0.3, -0.25) is 4.79 Å². The molecule has 1 aliphatic carbocycles. The van der Waals surface area contributed by atoms with Crippen molar-refractivity contribution in [1.29, 1.82) is 0 Å². The maximum absolute atomic E-state index is 12.9. The third-order valence-electron chi connectivity index (χ3n) is 7.22. The van der Waals surface area contributed by atoms with Gasteiger partial charge in [0.05, 0.1) is 6.04 Å². The van der Waals surface area contributed by atoms with E-state index in [-0.39, 0.29) is 24.2 Å². The van der Waals surface area contributed by atoms with Crippen molar-refractivity contribution in [3.63, 3.8) is 0 Å². The third-order valence-corrected chi connectivity index (χ3v) is 7.22. The summed E-state index contributed by atoms with van der Waals surface area (Å²) in [7, 11) is 0. The minimum atomic E-state index is -0.111. The molecule has 3 fully saturated rings. The molecule has 1 amide bonds. The lowest BCUT2D eigenvalue weighted by atomic mass is 9.74. The molecule has 152 valence electrons. The number of carbonyl (C=O) groups excluding carboxylic acids is 1. The highest BCUT2D eigenvalue weighted by molar-refractivity contribution is 5.82. The molecule has 3 unspecified atom stereocenters. The Labute approximate surface area is 166 Å². The first kappa shape index (κ1) is 18.3. The first-order chi connectivity index (χ1) is 13.7. The number of amides is 1. The highest BCUT2D eigenvalue weighted by atomic mass is 16.7. The quantitative estimate of drug-likeness (QED) is 0.832. The maximum Gasteiger partial charge on any atom is 0.237 e. The van der Waals surface area contributed by atoms with Crippen molar-refractivity contribution in [2.24, 2.45) is 5.92 Å². The van der Waals surface area contributed by atoms with Crippen LogP contribution in [0.4, 0.5) is 0 Å². The van der Waals surface area contributed by atoms with Gasteiger partial charge in [-0.2, -0.15) is 0 Å². The van der Waals surface area contributed by atoms with E-state index in [9.17, 15) is 4.79 Å². The number of fused-ring (bicyclic) bond motifs is 2. The molecule has 0 bridgehead atoms. The third kappa shape index (κ3) is 3.37. The van der Waals surface area contributed by atoms with Gasteiger partial charge in [-0.15, -0.1) is 0 Å². The molecule has 1 aromatic rings. The van der Waals surface area contributed by atoms with Crippen molar-refractivity contribution in [3.05, 3.63) is 23.8 Å². The summed E-state index contributed by atoms with van der Waals surface area (Å²) >= 11 is 0. The number of carbonyl (C=O) groups is 1. The lowest BCUT2D eigenvalue weighted by Gasteiger charge is -2.38. The number of hydrogen-bond donors (Lipinski definition) is 2. The second-order valence-electron chi connectivity index (χ2n) is 8.78. The fraction of sp³-hybridized carbons (Fsp3) is 0.682. The molecule has 6 nitrogen and oxygen atoms in total. The van der Waals surface area contributed by atoms with Gasteiger partial charge in [0.25, 0.3) is 0 Å². The lowest BCUT2D eigenvalue weighted by Crippen LogP contribution is -2.49. The van der Waals surface area contributed by atoms with E-state index in [1.54, 1.807) is 0 Å². The maximum atomic E-state index is 12.9. The summed E-state index contributed by atoms with van der Waals surface area (Å²) in [5, 5.41) is 6.88. The normalized spacial score (nSPS) is 30.6. The Morgan fingerprint density at radius 3 is 2.82 bits per heavy atom. The van der Waals surface area contributed by atoms with Crippen LogP contribution in [0.5, 0.6) is 11.5 Å². The Morgan fingerprint density at radius 2 is 1.96 bits per heavy atom. The van der Waals surface area contributed by atoms with E-state index >= 15 is 0 Å². The number of benzene rings is 1. The zero-order valence-corrected chi connectivity index (χ0v) is 16.4. The fourth-order valence-corrected chi connectivity index (χ4v) is 5.46. The summed E-state index contributed by atoms with van der Waals surface area (Å²) in [6, 6.07) is 6.69. The second kappa shape index (κ2) is 7.56. The Morgan fingerprint density at radius 1 is 1.14 bits per heavy atom. The van der Waals surface area contributed by atoms with Crippen molar-refractivity contribution >= 4 is 5.91 Å². The summed E-state index contributed by atoms with van der Waals surface area (Å²) in [4.78, 5) is 12.9. The van der Waals surface area contributed by atoms with E-state index in [0.29, 0.717) is 18.5 Å². The van der Waals surface area contributed by atoms with Crippen LogP contribution in [0.15, 0.2) is 18.2 Å². The van der Waals surface area contributed by atoms with Gasteiger partial charge < -0.3 is 24.8 Å². The highest BCUT2D eigenvalue weighted by Gasteiger charge is 2.40. The van der Waals surface area contributed by atoms with Crippen LogP contribution in [0, 0.1) is 5.92 Å². The Hall–Kier alpha value is -1.79. The predicted octanol–water partition coefficient (Wildman–Crippen LogP) is 2.50. The fourth-order valence-electron chi connectivity index (χ4n) is 5.46. The van der Waals surface area contributed by atoms with Crippen molar-refractivity contribution < 1.29 is 19.0 Å². The van der Waals surface area contributed by atoms with Gasteiger partial charge in [0, 0.05) is 31.2 Å². The van der Waals surface area contributed by atoms with Crippen LogP contribution in [0.1, 0.15) is 50.5 Å². The smallest absolute Gasteiger partial charge is 0.237 e. The van der Waals surface area contributed by atoms with E-state index in [0.717, 1.165) is 44.0 Å².